The van der Waals surface area contributed by atoms with Gasteiger partial charge in [-0.3, -0.25) is 0 Å². The molecule has 218 valence electrons. The minimum Gasteiger partial charge on any atom is -0.207 e. The molecular weight excluding hydrogens is 560 g/mol. The molecule has 0 spiro atoms. The lowest BCUT2D eigenvalue weighted by molar-refractivity contribution is 0.556. The lowest BCUT2D eigenvalue weighted by atomic mass is 10.0. The van der Waals surface area contributed by atoms with Crippen LogP contribution in [0.1, 0.15) is 22.6 Å². The molecule has 5 aromatic carbocycles. The summed E-state index contributed by atoms with van der Waals surface area (Å²) in [5.41, 5.74) is 8.79. The molecule has 0 bridgehead atoms. The molecule has 0 amide bonds. The molecule has 0 aliphatic rings. The van der Waals surface area contributed by atoms with Crippen molar-refractivity contribution in [2.45, 2.75) is 0 Å². The number of rotatable bonds is 8. The lowest BCUT2D eigenvalue weighted by Crippen LogP contribution is -1.85. The summed E-state index contributed by atoms with van der Waals surface area (Å²) in [6.45, 7) is 0. The van der Waals surface area contributed by atoms with E-state index in [0.717, 1.165) is 67.5 Å². The van der Waals surface area contributed by atoms with Crippen LogP contribution in [0.4, 0.5) is 0 Å². The number of hydrogen-bond acceptors (Lipinski definition) is 0. The van der Waals surface area contributed by atoms with Crippen molar-refractivity contribution < 1.29 is 8.83 Å². The molecule has 2 nitrogen and oxygen atoms in total. The zero-order valence-corrected chi connectivity index (χ0v) is 25.3. The molecule has 2 heterocycles. The maximum atomic E-state index is 6.33. The molecule has 2 aromatic heterocycles. The van der Waals surface area contributed by atoms with Crippen LogP contribution in [0.25, 0.3) is 69.2 Å². The number of benzene rings is 5. The van der Waals surface area contributed by atoms with Crippen molar-refractivity contribution in [3.8, 4) is 44.9 Å². The van der Waals surface area contributed by atoms with Gasteiger partial charge in [0.1, 0.15) is 0 Å². The summed E-state index contributed by atoms with van der Waals surface area (Å²) in [5, 5.41) is 0. The highest BCUT2D eigenvalue weighted by Gasteiger charge is 2.18. The van der Waals surface area contributed by atoms with Crippen molar-refractivity contribution in [1.29, 1.82) is 0 Å². The standard InChI is InChI=1S/C44H32O2/c1-5-13-35(14-6-1)39-29-41(45-43(31-39)37-17-9-3-10-18-37)27-25-33-21-23-34(24-22-33)26-28-42-30-40(36-15-7-2-8-16-36)32-44(46-42)38-19-11-4-12-20-38/h1-32H/q+2/b27-25+,28-26+. The Morgan fingerprint density at radius 1 is 0.283 bits per heavy atom. The average Bonchev–Trinajstić information content (AvgIpc) is 3.15. The predicted octanol–water partition coefficient (Wildman–Crippen LogP) is 12.4. The van der Waals surface area contributed by atoms with Gasteiger partial charge in [0, 0.05) is 23.3 Å². The Morgan fingerprint density at radius 2 is 0.609 bits per heavy atom. The van der Waals surface area contributed by atoms with Crippen LogP contribution in [0.2, 0.25) is 0 Å². The van der Waals surface area contributed by atoms with E-state index in [9.17, 15) is 0 Å². The third-order valence-electron chi connectivity index (χ3n) is 7.77. The van der Waals surface area contributed by atoms with Gasteiger partial charge in [-0.1, -0.05) is 121 Å². The summed E-state index contributed by atoms with van der Waals surface area (Å²) in [4.78, 5) is 0. The maximum Gasteiger partial charge on any atom is 0.361 e. The molecule has 0 aliphatic heterocycles. The highest BCUT2D eigenvalue weighted by Crippen LogP contribution is 2.31. The van der Waals surface area contributed by atoms with Crippen molar-refractivity contribution in [2.24, 2.45) is 0 Å². The van der Waals surface area contributed by atoms with Crippen molar-refractivity contribution >= 4 is 24.3 Å². The average molecular weight is 593 g/mol. The van der Waals surface area contributed by atoms with Crippen LogP contribution in [0, 0.1) is 0 Å². The molecule has 0 N–H and O–H groups in total. The molecule has 0 atom stereocenters. The molecule has 46 heavy (non-hydrogen) atoms. The first kappa shape index (κ1) is 28.6. The second kappa shape index (κ2) is 13.7. The first-order chi connectivity index (χ1) is 22.8. The summed E-state index contributed by atoms with van der Waals surface area (Å²) in [5.74, 6) is 3.25. The third kappa shape index (κ3) is 6.99. The van der Waals surface area contributed by atoms with Crippen LogP contribution in [-0.2, 0) is 0 Å². The van der Waals surface area contributed by atoms with Crippen molar-refractivity contribution in [3.63, 3.8) is 0 Å². The molecule has 2 heteroatoms. The van der Waals surface area contributed by atoms with E-state index < -0.39 is 0 Å². The van der Waals surface area contributed by atoms with Crippen LogP contribution >= 0.6 is 0 Å². The summed E-state index contributed by atoms with van der Waals surface area (Å²) < 4.78 is 12.7. The van der Waals surface area contributed by atoms with Gasteiger partial charge in [0.25, 0.3) is 0 Å². The Hall–Kier alpha value is -6.12. The smallest absolute Gasteiger partial charge is 0.207 e. The quantitative estimate of drug-likeness (QED) is 0.164. The third-order valence-corrected chi connectivity index (χ3v) is 7.77. The van der Waals surface area contributed by atoms with Crippen LogP contribution in [0.3, 0.4) is 0 Å². The van der Waals surface area contributed by atoms with E-state index >= 15 is 0 Å². The summed E-state index contributed by atoms with van der Waals surface area (Å²) in [7, 11) is 0. The fourth-order valence-corrected chi connectivity index (χ4v) is 5.37. The van der Waals surface area contributed by atoms with Gasteiger partial charge in [-0.2, -0.15) is 0 Å². The zero-order chi connectivity index (χ0) is 31.0. The van der Waals surface area contributed by atoms with Gasteiger partial charge >= 0.3 is 23.0 Å². The molecule has 7 aromatic rings. The second-order valence-corrected chi connectivity index (χ2v) is 11.0. The van der Waals surface area contributed by atoms with Crippen molar-refractivity contribution in [3.05, 3.63) is 193 Å². The Kier molecular flexibility index (Phi) is 8.51. The highest BCUT2D eigenvalue weighted by atomic mass is 16.3. The maximum absolute atomic E-state index is 6.33. The van der Waals surface area contributed by atoms with Gasteiger partial charge < -0.3 is 0 Å². The van der Waals surface area contributed by atoms with E-state index in [4.69, 9.17) is 8.83 Å². The Morgan fingerprint density at radius 3 is 0.957 bits per heavy atom. The van der Waals surface area contributed by atoms with Gasteiger partial charge in [-0.15, -0.1) is 0 Å². The Balaban J connectivity index is 1.14. The van der Waals surface area contributed by atoms with E-state index in [2.05, 4.69) is 133 Å². The van der Waals surface area contributed by atoms with Gasteiger partial charge in [0.2, 0.25) is 0 Å². The normalized spacial score (nSPS) is 11.3. The number of hydrogen-bond donors (Lipinski definition) is 0. The molecular formula is C44H32O2+2. The SMILES string of the molecule is C(=C\c1cc(-c2ccccc2)cc(-c2ccccc2)[o+]1)/c1ccc(/C=C/c2cc(-c3ccccc3)cc(-c3ccccc3)[o+]2)cc1. The largest absolute Gasteiger partial charge is 0.361 e. The van der Waals surface area contributed by atoms with Gasteiger partial charge in [0.15, 0.2) is 0 Å². The van der Waals surface area contributed by atoms with Gasteiger partial charge in [-0.05, 0) is 58.7 Å². The molecule has 0 unspecified atom stereocenters. The van der Waals surface area contributed by atoms with Gasteiger partial charge in [-0.25, -0.2) is 8.83 Å². The van der Waals surface area contributed by atoms with Crippen molar-refractivity contribution in [1.82, 2.24) is 0 Å². The summed E-state index contributed by atoms with van der Waals surface area (Å²) in [6, 6.07) is 58.1. The second-order valence-electron chi connectivity index (χ2n) is 11.0. The highest BCUT2D eigenvalue weighted by molar-refractivity contribution is 5.77. The fraction of sp³-hybridized carbons (Fsp3) is 0. The molecule has 0 aliphatic carbocycles. The van der Waals surface area contributed by atoms with E-state index in [-0.39, 0.29) is 0 Å². The molecule has 0 saturated heterocycles. The van der Waals surface area contributed by atoms with Crippen molar-refractivity contribution in [2.75, 3.05) is 0 Å². The van der Waals surface area contributed by atoms with E-state index in [1.54, 1.807) is 0 Å². The van der Waals surface area contributed by atoms with Crippen LogP contribution < -0.4 is 0 Å². The van der Waals surface area contributed by atoms with Crippen LogP contribution in [-0.4, -0.2) is 0 Å². The Labute approximate surface area is 269 Å². The van der Waals surface area contributed by atoms with E-state index in [1.165, 1.54) is 0 Å². The Bertz CT molecular complexity index is 1830. The van der Waals surface area contributed by atoms with Crippen LogP contribution in [0.15, 0.2) is 179 Å². The predicted molar refractivity (Wildman–Crippen MR) is 192 cm³/mol. The van der Waals surface area contributed by atoms with E-state index in [1.807, 2.05) is 60.7 Å². The van der Waals surface area contributed by atoms with Crippen LogP contribution in [0.5, 0.6) is 0 Å². The topological polar surface area (TPSA) is 22.6 Å². The monoisotopic (exact) mass is 592 g/mol. The zero-order valence-electron chi connectivity index (χ0n) is 25.3. The molecule has 0 radical (unpaired) electrons. The molecule has 0 saturated carbocycles. The summed E-state index contributed by atoms with van der Waals surface area (Å²) >= 11 is 0. The first-order valence-electron chi connectivity index (χ1n) is 15.4. The van der Waals surface area contributed by atoms with Gasteiger partial charge in [0.05, 0.1) is 35.4 Å². The minimum atomic E-state index is 0.790. The lowest BCUT2D eigenvalue weighted by Gasteiger charge is -2.01. The molecule has 7 rings (SSSR count). The summed E-state index contributed by atoms with van der Waals surface area (Å²) in [6.07, 6.45) is 8.23. The minimum absolute atomic E-state index is 0.790. The first-order valence-corrected chi connectivity index (χ1v) is 15.4. The molecule has 0 fully saturated rings. The van der Waals surface area contributed by atoms with E-state index in [0.29, 0.717) is 0 Å². The fourth-order valence-electron chi connectivity index (χ4n) is 5.37.